The summed E-state index contributed by atoms with van der Waals surface area (Å²) >= 11 is 0. The molecule has 35 heavy (non-hydrogen) atoms. The summed E-state index contributed by atoms with van der Waals surface area (Å²) in [5.74, 6) is -0.138. The first-order valence-corrected chi connectivity index (χ1v) is 12.8. The van der Waals surface area contributed by atoms with Crippen LogP contribution >= 0.6 is 0 Å². The number of sulfonamides is 1. The lowest BCUT2D eigenvalue weighted by atomic mass is 10.0. The SMILES string of the molecule is Cc1nn(C)cc1-c1cc(C(=O)N2CCN(S(=O)(=O)c3cnn(C)c3C)CC2)c2ccccc2n1. The normalized spacial score (nSPS) is 15.1. The molecule has 1 aromatic carbocycles. The second kappa shape index (κ2) is 8.58. The van der Waals surface area contributed by atoms with Crippen LogP contribution in [0.15, 0.2) is 47.6 Å². The summed E-state index contributed by atoms with van der Waals surface area (Å²) < 4.78 is 31.0. The summed E-state index contributed by atoms with van der Waals surface area (Å²) in [6.45, 7) is 4.69. The minimum atomic E-state index is -3.67. The van der Waals surface area contributed by atoms with Crippen LogP contribution in [0.2, 0.25) is 0 Å². The van der Waals surface area contributed by atoms with Crippen molar-refractivity contribution in [1.82, 2.24) is 33.8 Å². The number of carbonyl (C=O) groups excluding carboxylic acids is 1. The van der Waals surface area contributed by atoms with Gasteiger partial charge in [-0.1, -0.05) is 18.2 Å². The lowest BCUT2D eigenvalue weighted by Crippen LogP contribution is -2.50. The van der Waals surface area contributed by atoms with Gasteiger partial charge in [-0.15, -0.1) is 0 Å². The standard InChI is InChI=1S/C24H27N7O3S/c1-16-20(15-28(3)27-16)22-13-19(18-7-5-6-8-21(18)26-22)24(32)30-9-11-31(12-10-30)35(33,34)23-14-25-29(4)17(23)2/h5-8,13-15H,9-12H2,1-4H3. The molecule has 1 aliphatic heterocycles. The molecule has 3 aromatic heterocycles. The van der Waals surface area contributed by atoms with Gasteiger partial charge in [-0.2, -0.15) is 14.5 Å². The van der Waals surface area contributed by atoms with Crippen molar-refractivity contribution >= 4 is 26.8 Å². The molecule has 4 aromatic rings. The van der Waals surface area contributed by atoms with E-state index in [1.807, 2.05) is 50.5 Å². The molecule has 1 fully saturated rings. The number of benzene rings is 1. The molecule has 182 valence electrons. The predicted molar refractivity (Wildman–Crippen MR) is 131 cm³/mol. The molecule has 0 saturated carbocycles. The molecule has 1 saturated heterocycles. The van der Waals surface area contributed by atoms with Gasteiger partial charge in [-0.25, -0.2) is 13.4 Å². The van der Waals surface area contributed by atoms with Crippen LogP contribution in [0.25, 0.3) is 22.2 Å². The molecule has 10 nitrogen and oxygen atoms in total. The van der Waals surface area contributed by atoms with Gasteiger partial charge < -0.3 is 4.90 Å². The quantitative estimate of drug-likeness (QED) is 0.431. The van der Waals surface area contributed by atoms with Crippen molar-refractivity contribution in [3.63, 3.8) is 0 Å². The first-order chi connectivity index (χ1) is 16.7. The molecule has 0 radical (unpaired) electrons. The van der Waals surface area contributed by atoms with Crippen LogP contribution in [0.4, 0.5) is 0 Å². The number of fused-ring (bicyclic) bond motifs is 1. The maximum atomic E-state index is 13.7. The number of pyridine rings is 1. The molecule has 0 N–H and O–H groups in total. The number of para-hydroxylation sites is 1. The van der Waals surface area contributed by atoms with Gasteiger partial charge in [-0.3, -0.25) is 14.2 Å². The van der Waals surface area contributed by atoms with Gasteiger partial charge in [0.2, 0.25) is 10.0 Å². The first-order valence-electron chi connectivity index (χ1n) is 11.3. The molecule has 0 unspecified atom stereocenters. The van der Waals surface area contributed by atoms with E-state index in [0.29, 0.717) is 30.0 Å². The molecule has 0 aliphatic carbocycles. The molecule has 5 rings (SSSR count). The molecule has 1 aliphatic rings. The number of amides is 1. The van der Waals surface area contributed by atoms with Crippen LogP contribution in [-0.4, -0.2) is 74.3 Å². The predicted octanol–water partition coefficient (Wildman–Crippen LogP) is 2.13. The van der Waals surface area contributed by atoms with Crippen molar-refractivity contribution < 1.29 is 13.2 Å². The first kappa shape index (κ1) is 23.2. The average molecular weight is 494 g/mol. The van der Waals surface area contributed by atoms with Crippen LogP contribution < -0.4 is 0 Å². The van der Waals surface area contributed by atoms with E-state index in [1.165, 1.54) is 10.5 Å². The highest BCUT2D eigenvalue weighted by atomic mass is 32.2. The van der Waals surface area contributed by atoms with E-state index in [1.54, 1.807) is 28.2 Å². The van der Waals surface area contributed by atoms with E-state index in [-0.39, 0.29) is 23.9 Å². The van der Waals surface area contributed by atoms with Gasteiger partial charge in [0.1, 0.15) is 4.90 Å². The van der Waals surface area contributed by atoms with Gasteiger partial charge in [0.05, 0.1) is 34.4 Å². The largest absolute Gasteiger partial charge is 0.336 e. The van der Waals surface area contributed by atoms with Crippen LogP contribution in [0.3, 0.4) is 0 Å². The number of aromatic nitrogens is 5. The molecule has 0 atom stereocenters. The van der Waals surface area contributed by atoms with Crippen molar-refractivity contribution in [2.75, 3.05) is 26.2 Å². The average Bonchev–Trinajstić information content (AvgIpc) is 3.38. The Labute approximate surface area is 203 Å². The Bertz CT molecular complexity index is 1550. The molecular formula is C24H27N7O3S. The van der Waals surface area contributed by atoms with E-state index in [9.17, 15) is 13.2 Å². The lowest BCUT2D eigenvalue weighted by Gasteiger charge is -2.34. The van der Waals surface area contributed by atoms with E-state index in [0.717, 1.165) is 22.2 Å². The molecule has 11 heteroatoms. The fourth-order valence-corrected chi connectivity index (χ4v) is 6.12. The summed E-state index contributed by atoms with van der Waals surface area (Å²) in [6.07, 6.45) is 3.28. The van der Waals surface area contributed by atoms with Crippen molar-refractivity contribution in [2.45, 2.75) is 18.7 Å². The third kappa shape index (κ3) is 4.00. The van der Waals surface area contributed by atoms with Crippen molar-refractivity contribution in [3.05, 3.63) is 59.7 Å². The van der Waals surface area contributed by atoms with Crippen LogP contribution in [0, 0.1) is 13.8 Å². The zero-order chi connectivity index (χ0) is 24.9. The molecule has 4 heterocycles. The Morgan fingerprint density at radius 2 is 1.74 bits per heavy atom. The summed E-state index contributed by atoms with van der Waals surface area (Å²) in [4.78, 5) is 20.4. The zero-order valence-corrected chi connectivity index (χ0v) is 20.9. The topological polar surface area (TPSA) is 106 Å². The van der Waals surface area contributed by atoms with Gasteiger partial charge in [0.15, 0.2) is 0 Å². The number of aryl methyl sites for hydroxylation is 3. The number of piperazine rings is 1. The second-order valence-electron chi connectivity index (χ2n) is 8.79. The van der Waals surface area contributed by atoms with Crippen molar-refractivity contribution in [3.8, 4) is 11.3 Å². The van der Waals surface area contributed by atoms with Gasteiger partial charge >= 0.3 is 0 Å². The molecule has 1 amide bonds. The van der Waals surface area contributed by atoms with E-state index in [4.69, 9.17) is 4.98 Å². The third-order valence-electron chi connectivity index (χ3n) is 6.57. The third-order valence-corrected chi connectivity index (χ3v) is 8.57. The summed E-state index contributed by atoms with van der Waals surface area (Å²) in [5.41, 5.74) is 4.25. The molecular weight excluding hydrogens is 466 g/mol. The Morgan fingerprint density at radius 1 is 1.03 bits per heavy atom. The smallest absolute Gasteiger partial charge is 0.254 e. The molecule has 0 bridgehead atoms. The monoisotopic (exact) mass is 493 g/mol. The fraction of sp³-hybridized carbons (Fsp3) is 0.333. The Morgan fingerprint density at radius 3 is 2.37 bits per heavy atom. The van der Waals surface area contributed by atoms with Crippen molar-refractivity contribution in [1.29, 1.82) is 0 Å². The number of carbonyl (C=O) groups is 1. The number of hydrogen-bond acceptors (Lipinski definition) is 6. The maximum Gasteiger partial charge on any atom is 0.254 e. The molecule has 0 spiro atoms. The zero-order valence-electron chi connectivity index (χ0n) is 20.1. The minimum Gasteiger partial charge on any atom is -0.336 e. The highest BCUT2D eigenvalue weighted by Gasteiger charge is 2.33. The summed E-state index contributed by atoms with van der Waals surface area (Å²) in [7, 11) is -0.108. The number of hydrogen-bond donors (Lipinski definition) is 0. The Balaban J connectivity index is 1.43. The van der Waals surface area contributed by atoms with E-state index >= 15 is 0 Å². The maximum absolute atomic E-state index is 13.7. The highest BCUT2D eigenvalue weighted by molar-refractivity contribution is 7.89. The highest BCUT2D eigenvalue weighted by Crippen LogP contribution is 2.28. The van der Waals surface area contributed by atoms with Crippen molar-refractivity contribution in [2.24, 2.45) is 14.1 Å². The lowest BCUT2D eigenvalue weighted by molar-refractivity contribution is 0.0700. The summed E-state index contributed by atoms with van der Waals surface area (Å²) in [6, 6.07) is 9.38. The van der Waals surface area contributed by atoms with Crippen LogP contribution in [0.1, 0.15) is 21.7 Å². The van der Waals surface area contributed by atoms with E-state index in [2.05, 4.69) is 10.2 Å². The Kier molecular flexibility index (Phi) is 5.68. The van der Waals surface area contributed by atoms with Gasteiger partial charge in [-0.05, 0) is 26.0 Å². The van der Waals surface area contributed by atoms with Crippen LogP contribution in [-0.2, 0) is 24.1 Å². The second-order valence-corrected chi connectivity index (χ2v) is 10.7. The Hall–Kier alpha value is -3.57. The van der Waals surface area contributed by atoms with Gasteiger partial charge in [0, 0.05) is 57.4 Å². The number of nitrogens with zero attached hydrogens (tertiary/aromatic N) is 7. The fourth-order valence-electron chi connectivity index (χ4n) is 4.51. The summed E-state index contributed by atoms with van der Waals surface area (Å²) in [5, 5.41) is 9.24. The number of rotatable bonds is 4. The van der Waals surface area contributed by atoms with E-state index < -0.39 is 10.0 Å². The minimum absolute atomic E-state index is 0.138. The van der Waals surface area contributed by atoms with Gasteiger partial charge in [0.25, 0.3) is 5.91 Å². The van der Waals surface area contributed by atoms with Crippen LogP contribution in [0.5, 0.6) is 0 Å².